The average Bonchev–Trinajstić information content (AvgIpc) is 3.26. The number of benzene rings is 3. The van der Waals surface area contributed by atoms with E-state index in [0.29, 0.717) is 12.1 Å². The Kier molecular flexibility index (Phi) is 6.90. The molecule has 4 aromatic rings. The van der Waals surface area contributed by atoms with Crippen LogP contribution in [0.4, 0.5) is 0 Å². The van der Waals surface area contributed by atoms with E-state index in [1.807, 2.05) is 48.5 Å². The quantitative estimate of drug-likeness (QED) is 0.190. The molecule has 7 nitrogen and oxygen atoms in total. The standard InChI is InChI=1S/C26H29N5O2S/c1-4-26(2,3)20-14-17(10-13-24(32)28-27)15-23(25(20)33)31-29-21-12-11-19(16-22(21)30-31)34-18-8-6-5-7-9-18/h5-9,11-12,14-16,33H,4,10,13,27H2,1-3H3,(H,28,32). The van der Waals surface area contributed by atoms with Crippen LogP contribution in [0.25, 0.3) is 16.7 Å². The Bertz CT molecular complexity index is 1320. The van der Waals surface area contributed by atoms with Gasteiger partial charge in [0, 0.05) is 21.8 Å². The van der Waals surface area contributed by atoms with Gasteiger partial charge in [-0.25, -0.2) is 5.84 Å². The van der Waals surface area contributed by atoms with E-state index in [0.717, 1.165) is 38.4 Å². The van der Waals surface area contributed by atoms with Crippen LogP contribution < -0.4 is 11.3 Å². The monoisotopic (exact) mass is 475 g/mol. The molecule has 1 aromatic heterocycles. The third-order valence-electron chi connectivity index (χ3n) is 6.11. The molecular formula is C26H29N5O2S. The molecule has 3 aromatic carbocycles. The van der Waals surface area contributed by atoms with Crippen LogP contribution in [0.15, 0.2) is 70.5 Å². The number of carbonyl (C=O) groups is 1. The van der Waals surface area contributed by atoms with Crippen molar-refractivity contribution >= 4 is 28.7 Å². The van der Waals surface area contributed by atoms with E-state index in [1.54, 1.807) is 11.8 Å². The van der Waals surface area contributed by atoms with Crippen LogP contribution >= 0.6 is 11.8 Å². The lowest BCUT2D eigenvalue weighted by Crippen LogP contribution is -2.30. The number of nitrogens with two attached hydrogens (primary N) is 1. The number of hydrogen-bond acceptors (Lipinski definition) is 6. The second-order valence-corrected chi connectivity index (χ2v) is 10.0. The molecule has 1 heterocycles. The summed E-state index contributed by atoms with van der Waals surface area (Å²) in [6.45, 7) is 6.25. The summed E-state index contributed by atoms with van der Waals surface area (Å²) in [5.41, 5.74) is 5.59. The largest absolute Gasteiger partial charge is 0.505 e. The summed E-state index contributed by atoms with van der Waals surface area (Å²) in [6, 6.07) is 19.9. The predicted octanol–water partition coefficient (Wildman–Crippen LogP) is 4.89. The Labute approximate surface area is 203 Å². The van der Waals surface area contributed by atoms with Gasteiger partial charge in [-0.05, 0) is 60.2 Å². The Morgan fingerprint density at radius 3 is 2.50 bits per heavy atom. The molecule has 8 heteroatoms. The SMILES string of the molecule is CCC(C)(C)c1cc(CCC(=O)NN)cc(-n2nc3ccc(Sc4ccccc4)cc3n2)c1O. The Balaban J connectivity index is 1.74. The molecule has 0 aliphatic carbocycles. The van der Waals surface area contributed by atoms with Crippen molar-refractivity contribution in [1.82, 2.24) is 20.4 Å². The van der Waals surface area contributed by atoms with Crippen molar-refractivity contribution in [3.8, 4) is 11.4 Å². The number of rotatable bonds is 8. The number of nitrogens with zero attached hydrogens (tertiary/aromatic N) is 3. The summed E-state index contributed by atoms with van der Waals surface area (Å²) in [5, 5.41) is 20.5. The zero-order valence-corrected chi connectivity index (χ0v) is 20.4. The van der Waals surface area contributed by atoms with Crippen LogP contribution in [0.2, 0.25) is 0 Å². The maximum absolute atomic E-state index is 11.7. The number of aryl methyl sites for hydroxylation is 1. The van der Waals surface area contributed by atoms with Crippen molar-refractivity contribution < 1.29 is 9.90 Å². The first-order valence-corrected chi connectivity index (χ1v) is 12.1. The maximum Gasteiger partial charge on any atom is 0.234 e. The molecular weight excluding hydrogens is 446 g/mol. The van der Waals surface area contributed by atoms with Crippen LogP contribution in [0.5, 0.6) is 5.75 Å². The molecule has 34 heavy (non-hydrogen) atoms. The third kappa shape index (κ3) is 5.08. The van der Waals surface area contributed by atoms with Crippen LogP contribution in [0, 0.1) is 0 Å². The molecule has 0 fully saturated rings. The molecule has 1 amide bonds. The van der Waals surface area contributed by atoms with Gasteiger partial charge in [-0.2, -0.15) is 0 Å². The van der Waals surface area contributed by atoms with E-state index >= 15 is 0 Å². The molecule has 0 spiro atoms. The number of aromatic nitrogens is 3. The number of phenolic OH excluding ortho intramolecular Hbond substituents is 1. The lowest BCUT2D eigenvalue weighted by Gasteiger charge is -2.26. The Hall–Kier alpha value is -3.36. The van der Waals surface area contributed by atoms with E-state index in [2.05, 4.69) is 48.5 Å². The lowest BCUT2D eigenvalue weighted by molar-refractivity contribution is -0.121. The molecule has 0 atom stereocenters. The second kappa shape index (κ2) is 9.87. The Morgan fingerprint density at radius 1 is 1.06 bits per heavy atom. The number of carbonyl (C=O) groups excluding carboxylic acids is 1. The number of hydrogen-bond donors (Lipinski definition) is 3. The van der Waals surface area contributed by atoms with E-state index in [9.17, 15) is 9.90 Å². The minimum atomic E-state index is -0.267. The topological polar surface area (TPSA) is 106 Å². The van der Waals surface area contributed by atoms with E-state index < -0.39 is 0 Å². The smallest absolute Gasteiger partial charge is 0.234 e. The molecule has 4 rings (SSSR count). The first kappa shape index (κ1) is 23.8. The van der Waals surface area contributed by atoms with Crippen molar-refractivity contribution in [2.75, 3.05) is 0 Å². The van der Waals surface area contributed by atoms with Crippen LogP contribution in [0.3, 0.4) is 0 Å². The fourth-order valence-electron chi connectivity index (χ4n) is 3.70. The third-order valence-corrected chi connectivity index (χ3v) is 7.11. The van der Waals surface area contributed by atoms with Gasteiger partial charge in [0.1, 0.15) is 22.5 Å². The van der Waals surface area contributed by atoms with Crippen molar-refractivity contribution in [3.05, 3.63) is 71.8 Å². The molecule has 0 aliphatic heterocycles. The summed E-state index contributed by atoms with van der Waals surface area (Å²) in [4.78, 5) is 15.4. The van der Waals surface area contributed by atoms with Gasteiger partial charge in [0.25, 0.3) is 0 Å². The predicted molar refractivity (Wildman–Crippen MR) is 135 cm³/mol. The number of aromatic hydroxyl groups is 1. The van der Waals surface area contributed by atoms with Crippen molar-refractivity contribution in [2.45, 2.75) is 55.2 Å². The number of fused-ring (bicyclic) bond motifs is 1. The van der Waals surface area contributed by atoms with Gasteiger partial charge in [0.2, 0.25) is 5.91 Å². The zero-order chi connectivity index (χ0) is 24.3. The van der Waals surface area contributed by atoms with Gasteiger partial charge in [-0.1, -0.05) is 56.8 Å². The van der Waals surface area contributed by atoms with Gasteiger partial charge in [-0.15, -0.1) is 15.0 Å². The lowest BCUT2D eigenvalue weighted by atomic mass is 9.80. The van der Waals surface area contributed by atoms with Crippen molar-refractivity contribution in [1.29, 1.82) is 0 Å². The highest BCUT2D eigenvalue weighted by atomic mass is 32.2. The normalized spacial score (nSPS) is 11.6. The van der Waals surface area contributed by atoms with Gasteiger partial charge >= 0.3 is 0 Å². The molecule has 4 N–H and O–H groups in total. The minimum Gasteiger partial charge on any atom is -0.505 e. The molecule has 0 unspecified atom stereocenters. The number of amides is 1. The summed E-state index contributed by atoms with van der Waals surface area (Å²) < 4.78 is 0. The second-order valence-electron chi connectivity index (χ2n) is 8.87. The number of phenols is 1. The minimum absolute atomic E-state index is 0.151. The summed E-state index contributed by atoms with van der Waals surface area (Å²) in [6.07, 6.45) is 1.57. The summed E-state index contributed by atoms with van der Waals surface area (Å²) in [5.74, 6) is 5.15. The fraction of sp³-hybridized carbons (Fsp3) is 0.269. The van der Waals surface area contributed by atoms with Gasteiger partial charge in [0.15, 0.2) is 0 Å². The van der Waals surface area contributed by atoms with Crippen LogP contribution in [-0.4, -0.2) is 26.0 Å². The fourth-order valence-corrected chi connectivity index (χ4v) is 4.57. The van der Waals surface area contributed by atoms with E-state index in [-0.39, 0.29) is 23.5 Å². The summed E-state index contributed by atoms with van der Waals surface area (Å²) in [7, 11) is 0. The molecule has 0 radical (unpaired) electrons. The summed E-state index contributed by atoms with van der Waals surface area (Å²) >= 11 is 1.66. The Morgan fingerprint density at radius 2 is 1.79 bits per heavy atom. The first-order chi connectivity index (χ1) is 16.3. The number of hydrazine groups is 1. The highest BCUT2D eigenvalue weighted by molar-refractivity contribution is 7.99. The van der Waals surface area contributed by atoms with Crippen molar-refractivity contribution in [2.24, 2.45) is 5.84 Å². The van der Waals surface area contributed by atoms with Crippen molar-refractivity contribution in [3.63, 3.8) is 0 Å². The van der Waals surface area contributed by atoms with Crippen LogP contribution in [0.1, 0.15) is 44.7 Å². The highest BCUT2D eigenvalue weighted by Gasteiger charge is 2.26. The van der Waals surface area contributed by atoms with E-state index in [1.165, 1.54) is 4.80 Å². The first-order valence-electron chi connectivity index (χ1n) is 11.3. The molecule has 0 aliphatic rings. The van der Waals surface area contributed by atoms with Gasteiger partial charge in [0.05, 0.1) is 0 Å². The molecule has 176 valence electrons. The maximum atomic E-state index is 11.7. The molecule has 0 saturated carbocycles. The molecule has 0 bridgehead atoms. The number of nitrogens with one attached hydrogen (secondary N) is 1. The average molecular weight is 476 g/mol. The zero-order valence-electron chi connectivity index (χ0n) is 19.6. The van der Waals surface area contributed by atoms with E-state index in [4.69, 9.17) is 5.84 Å². The van der Waals surface area contributed by atoms with Gasteiger partial charge < -0.3 is 5.11 Å². The molecule has 0 saturated heterocycles. The highest BCUT2D eigenvalue weighted by Crippen LogP contribution is 2.38. The van der Waals surface area contributed by atoms with Gasteiger partial charge in [-0.3, -0.25) is 10.2 Å². The van der Waals surface area contributed by atoms with Crippen LogP contribution in [-0.2, 0) is 16.6 Å².